The first kappa shape index (κ1) is 11.7. The van der Waals surface area contributed by atoms with Crippen LogP contribution in [0.5, 0.6) is 5.75 Å². The van der Waals surface area contributed by atoms with E-state index in [-0.39, 0.29) is 6.04 Å². The Morgan fingerprint density at radius 1 is 1.44 bits per heavy atom. The van der Waals surface area contributed by atoms with Crippen molar-refractivity contribution in [2.75, 3.05) is 12.4 Å². The van der Waals surface area contributed by atoms with Crippen LogP contribution in [0.15, 0.2) is 22.7 Å². The third-order valence-electron chi connectivity index (χ3n) is 3.07. The van der Waals surface area contributed by atoms with Crippen molar-refractivity contribution in [2.24, 2.45) is 5.73 Å². The van der Waals surface area contributed by atoms with Crippen LogP contribution in [0.3, 0.4) is 0 Å². The number of nitrogens with two attached hydrogens (primary N) is 1. The largest absolute Gasteiger partial charge is 0.496 e. The van der Waals surface area contributed by atoms with Gasteiger partial charge in [0.25, 0.3) is 0 Å². The predicted octanol–water partition coefficient (Wildman–Crippen LogP) is 2.75. The van der Waals surface area contributed by atoms with Crippen molar-refractivity contribution in [2.45, 2.75) is 31.3 Å². The summed E-state index contributed by atoms with van der Waals surface area (Å²) in [6.45, 7) is 0. The number of ether oxygens (including phenoxy) is 1. The van der Waals surface area contributed by atoms with E-state index in [1.54, 1.807) is 7.11 Å². The van der Waals surface area contributed by atoms with Crippen molar-refractivity contribution in [3.05, 3.63) is 22.7 Å². The third-order valence-corrected chi connectivity index (χ3v) is 3.69. The number of nitrogens with one attached hydrogen (secondary N) is 1. The Hall–Kier alpha value is -0.740. The average Bonchev–Trinajstić information content (AvgIpc) is 2.65. The molecule has 0 bridgehead atoms. The lowest BCUT2D eigenvalue weighted by Crippen LogP contribution is -2.35. The van der Waals surface area contributed by atoms with E-state index < -0.39 is 0 Å². The number of hydrogen-bond donors (Lipinski definition) is 2. The van der Waals surface area contributed by atoms with Crippen molar-refractivity contribution in [1.82, 2.24) is 0 Å². The van der Waals surface area contributed by atoms with Gasteiger partial charge in [-0.2, -0.15) is 0 Å². The highest BCUT2D eigenvalue weighted by atomic mass is 79.9. The van der Waals surface area contributed by atoms with Gasteiger partial charge >= 0.3 is 0 Å². The number of anilines is 1. The van der Waals surface area contributed by atoms with Gasteiger partial charge in [0, 0.05) is 17.8 Å². The van der Waals surface area contributed by atoms with Crippen LogP contribution >= 0.6 is 15.9 Å². The van der Waals surface area contributed by atoms with Crippen LogP contribution in [-0.2, 0) is 0 Å². The first-order valence-corrected chi connectivity index (χ1v) is 6.35. The summed E-state index contributed by atoms with van der Waals surface area (Å²) in [5, 5.41) is 3.47. The van der Waals surface area contributed by atoms with Crippen molar-refractivity contribution >= 4 is 21.6 Å². The minimum absolute atomic E-state index is 0.279. The smallest absolute Gasteiger partial charge is 0.133 e. The van der Waals surface area contributed by atoms with E-state index in [9.17, 15) is 0 Å². The Balaban J connectivity index is 2.07. The summed E-state index contributed by atoms with van der Waals surface area (Å²) >= 11 is 3.48. The molecule has 0 aromatic heterocycles. The first-order chi connectivity index (χ1) is 7.70. The average molecular weight is 285 g/mol. The second-order valence-corrected chi connectivity index (χ2v) is 5.05. The fraction of sp³-hybridized carbons (Fsp3) is 0.500. The zero-order chi connectivity index (χ0) is 11.5. The predicted molar refractivity (Wildman–Crippen MR) is 69.9 cm³/mol. The highest BCUT2D eigenvalue weighted by Gasteiger charge is 2.23. The first-order valence-electron chi connectivity index (χ1n) is 5.56. The molecule has 88 valence electrons. The minimum Gasteiger partial charge on any atom is -0.496 e. The summed E-state index contributed by atoms with van der Waals surface area (Å²) in [6.07, 6.45) is 3.50. The zero-order valence-corrected chi connectivity index (χ0v) is 11.0. The van der Waals surface area contributed by atoms with E-state index >= 15 is 0 Å². The number of methoxy groups -OCH3 is 1. The maximum Gasteiger partial charge on any atom is 0.133 e. The summed E-state index contributed by atoms with van der Waals surface area (Å²) in [4.78, 5) is 0. The molecule has 1 aliphatic rings. The highest BCUT2D eigenvalue weighted by molar-refractivity contribution is 9.10. The van der Waals surface area contributed by atoms with E-state index in [0.29, 0.717) is 6.04 Å². The number of rotatable bonds is 3. The zero-order valence-electron chi connectivity index (χ0n) is 9.37. The summed E-state index contributed by atoms with van der Waals surface area (Å²) in [7, 11) is 1.67. The molecule has 1 aromatic rings. The Bertz CT molecular complexity index is 370. The molecular formula is C12H17BrN2O. The van der Waals surface area contributed by atoms with Gasteiger partial charge in [-0.25, -0.2) is 0 Å². The lowest BCUT2D eigenvalue weighted by Gasteiger charge is -2.19. The van der Waals surface area contributed by atoms with Crippen LogP contribution < -0.4 is 15.8 Å². The molecule has 3 nitrogen and oxygen atoms in total. The highest BCUT2D eigenvalue weighted by Crippen LogP contribution is 2.29. The van der Waals surface area contributed by atoms with E-state index in [4.69, 9.17) is 10.5 Å². The van der Waals surface area contributed by atoms with Gasteiger partial charge in [0.15, 0.2) is 0 Å². The quantitative estimate of drug-likeness (QED) is 0.897. The van der Waals surface area contributed by atoms with E-state index in [2.05, 4.69) is 21.2 Å². The molecule has 4 heteroatoms. The molecule has 0 spiro atoms. The second kappa shape index (κ2) is 5.06. The Labute approximate surface area is 104 Å². The van der Waals surface area contributed by atoms with Crippen molar-refractivity contribution in [1.29, 1.82) is 0 Å². The van der Waals surface area contributed by atoms with Gasteiger partial charge in [0.05, 0.1) is 11.6 Å². The maximum absolute atomic E-state index is 6.02. The number of hydrogen-bond acceptors (Lipinski definition) is 3. The van der Waals surface area contributed by atoms with E-state index in [1.165, 1.54) is 6.42 Å². The molecule has 0 heterocycles. The van der Waals surface area contributed by atoms with Gasteiger partial charge in [-0.3, -0.25) is 0 Å². The molecule has 1 saturated carbocycles. The second-order valence-electron chi connectivity index (χ2n) is 4.19. The van der Waals surface area contributed by atoms with Crippen LogP contribution in [0, 0.1) is 0 Å². The van der Waals surface area contributed by atoms with Crippen LogP contribution in [0.4, 0.5) is 5.69 Å². The van der Waals surface area contributed by atoms with Crippen molar-refractivity contribution in [3.63, 3.8) is 0 Å². The molecule has 16 heavy (non-hydrogen) atoms. The molecule has 2 rings (SSSR count). The molecule has 1 fully saturated rings. The fourth-order valence-corrected chi connectivity index (χ4v) is 2.68. The van der Waals surface area contributed by atoms with Gasteiger partial charge in [0.1, 0.15) is 5.75 Å². The number of halogens is 1. The number of benzene rings is 1. The molecule has 3 N–H and O–H groups in total. The molecule has 0 aliphatic heterocycles. The minimum atomic E-state index is 0.279. The summed E-state index contributed by atoms with van der Waals surface area (Å²) in [5.41, 5.74) is 7.11. The molecule has 1 aromatic carbocycles. The molecule has 0 amide bonds. The topological polar surface area (TPSA) is 47.3 Å². The van der Waals surface area contributed by atoms with Crippen LogP contribution in [-0.4, -0.2) is 19.2 Å². The van der Waals surface area contributed by atoms with Gasteiger partial charge in [-0.05, 0) is 53.4 Å². The van der Waals surface area contributed by atoms with Gasteiger partial charge in [-0.1, -0.05) is 0 Å². The maximum atomic E-state index is 6.02. The van der Waals surface area contributed by atoms with Crippen LogP contribution in [0.2, 0.25) is 0 Å². The van der Waals surface area contributed by atoms with Crippen molar-refractivity contribution in [3.8, 4) is 5.75 Å². The Kier molecular flexibility index (Phi) is 3.71. The molecule has 0 radical (unpaired) electrons. The molecule has 2 atom stereocenters. The molecular weight excluding hydrogens is 268 g/mol. The standard InChI is InChI=1S/C12H17BrN2O/c1-16-12-6-5-8(7-9(12)13)15-11-4-2-3-10(11)14/h5-7,10-11,15H,2-4,14H2,1H3. The van der Waals surface area contributed by atoms with Gasteiger partial charge in [-0.15, -0.1) is 0 Å². The SMILES string of the molecule is COc1ccc(NC2CCCC2N)cc1Br. The normalized spacial score (nSPS) is 24.4. The third kappa shape index (κ3) is 2.50. The monoisotopic (exact) mass is 284 g/mol. The fourth-order valence-electron chi connectivity index (χ4n) is 2.14. The molecule has 1 aliphatic carbocycles. The molecule has 2 unspecified atom stereocenters. The van der Waals surface area contributed by atoms with E-state index in [1.807, 2.05) is 18.2 Å². The van der Waals surface area contributed by atoms with Gasteiger partial charge < -0.3 is 15.8 Å². The van der Waals surface area contributed by atoms with Gasteiger partial charge in [0.2, 0.25) is 0 Å². The molecule has 0 saturated heterocycles. The van der Waals surface area contributed by atoms with Crippen LogP contribution in [0.25, 0.3) is 0 Å². The van der Waals surface area contributed by atoms with E-state index in [0.717, 1.165) is 28.8 Å². The van der Waals surface area contributed by atoms with Crippen molar-refractivity contribution < 1.29 is 4.74 Å². The Morgan fingerprint density at radius 2 is 2.25 bits per heavy atom. The lowest BCUT2D eigenvalue weighted by atomic mass is 10.1. The van der Waals surface area contributed by atoms with Crippen LogP contribution in [0.1, 0.15) is 19.3 Å². The summed E-state index contributed by atoms with van der Waals surface area (Å²) in [5.74, 6) is 0.848. The summed E-state index contributed by atoms with van der Waals surface area (Å²) < 4.78 is 6.16. The summed E-state index contributed by atoms with van der Waals surface area (Å²) in [6, 6.07) is 6.69. The Morgan fingerprint density at radius 3 is 2.81 bits per heavy atom. The lowest BCUT2D eigenvalue weighted by molar-refractivity contribution is 0.412.